The molecule has 1 aliphatic rings. The zero-order chi connectivity index (χ0) is 14.9. The fourth-order valence-corrected chi connectivity index (χ4v) is 3.19. The number of hydrogen-bond acceptors (Lipinski definition) is 4. The number of carboxylic acids is 1. The Kier molecular flexibility index (Phi) is 3.85. The van der Waals surface area contributed by atoms with Crippen molar-refractivity contribution >= 4 is 34.4 Å². The third kappa shape index (κ3) is 3.01. The molecule has 0 fully saturated rings. The summed E-state index contributed by atoms with van der Waals surface area (Å²) in [5.41, 5.74) is 1.49. The number of hydrogen-bond donors (Lipinski definition) is 2. The van der Waals surface area contributed by atoms with Crippen molar-refractivity contribution in [1.29, 1.82) is 0 Å². The molecule has 5 nitrogen and oxygen atoms in total. The maximum atomic E-state index is 11.2. The van der Waals surface area contributed by atoms with Crippen LogP contribution < -0.4 is 5.32 Å². The molecule has 0 aromatic heterocycles. The number of benzene rings is 1. The van der Waals surface area contributed by atoms with Gasteiger partial charge in [-0.3, -0.25) is 9.79 Å². The van der Waals surface area contributed by atoms with Crippen LogP contribution >= 0.6 is 11.8 Å². The number of carbonyl (C=O) groups excluding carboxylic acids is 1. The minimum Gasteiger partial charge on any atom is -0.480 e. The molecule has 2 N–H and O–H groups in total. The first-order valence-corrected chi connectivity index (χ1v) is 6.99. The summed E-state index contributed by atoms with van der Waals surface area (Å²) in [7, 11) is 0. The summed E-state index contributed by atoms with van der Waals surface area (Å²) in [5.74, 6) is -1.07. The van der Waals surface area contributed by atoms with E-state index in [0.717, 1.165) is 5.56 Å². The summed E-state index contributed by atoms with van der Waals surface area (Å²) in [6.45, 7) is 5.17. The Morgan fingerprint density at radius 1 is 1.40 bits per heavy atom. The van der Waals surface area contributed by atoms with Crippen molar-refractivity contribution in [3.63, 3.8) is 0 Å². The van der Waals surface area contributed by atoms with Crippen molar-refractivity contribution in [1.82, 2.24) is 0 Å². The lowest BCUT2D eigenvalue weighted by molar-refractivity contribution is -0.138. The second kappa shape index (κ2) is 5.28. The van der Waals surface area contributed by atoms with Crippen LogP contribution in [-0.4, -0.2) is 32.8 Å². The number of nitrogens with zero attached hydrogens (tertiary/aromatic N) is 1. The van der Waals surface area contributed by atoms with Crippen LogP contribution in [0.5, 0.6) is 0 Å². The third-order valence-corrected chi connectivity index (χ3v) is 4.21. The van der Waals surface area contributed by atoms with E-state index in [1.165, 1.54) is 18.7 Å². The Hall–Kier alpha value is -1.82. The van der Waals surface area contributed by atoms with E-state index in [0.29, 0.717) is 10.7 Å². The van der Waals surface area contributed by atoms with Crippen LogP contribution in [0.1, 0.15) is 26.3 Å². The van der Waals surface area contributed by atoms with Crippen molar-refractivity contribution in [2.45, 2.75) is 31.6 Å². The fourth-order valence-electron chi connectivity index (χ4n) is 2.02. The maximum absolute atomic E-state index is 11.2. The van der Waals surface area contributed by atoms with Crippen molar-refractivity contribution in [2.75, 3.05) is 5.32 Å². The number of aliphatic carboxylic acids is 1. The highest BCUT2D eigenvalue weighted by atomic mass is 32.2. The van der Waals surface area contributed by atoms with E-state index in [1.807, 2.05) is 26.0 Å². The summed E-state index contributed by atoms with van der Waals surface area (Å²) >= 11 is 1.44. The fraction of sp³-hybridized carbons (Fsp3) is 0.357. The molecule has 0 aliphatic carbocycles. The summed E-state index contributed by atoms with van der Waals surface area (Å²) in [6, 6.07) is 6.49. The van der Waals surface area contributed by atoms with Gasteiger partial charge in [0, 0.05) is 22.9 Å². The zero-order valence-corrected chi connectivity index (χ0v) is 12.3. The van der Waals surface area contributed by atoms with Gasteiger partial charge in [0.2, 0.25) is 5.91 Å². The Bertz CT molecular complexity index is 596. The summed E-state index contributed by atoms with van der Waals surface area (Å²) < 4.78 is -0.481. The van der Waals surface area contributed by atoms with E-state index in [-0.39, 0.29) is 5.91 Å². The number of rotatable bonds is 3. The number of carbonyl (C=O) groups is 2. The molecule has 6 heteroatoms. The van der Waals surface area contributed by atoms with Gasteiger partial charge in [0.05, 0.1) is 5.04 Å². The molecule has 1 aromatic carbocycles. The van der Waals surface area contributed by atoms with E-state index < -0.39 is 16.8 Å². The van der Waals surface area contributed by atoms with Crippen molar-refractivity contribution in [3.8, 4) is 0 Å². The first-order valence-electron chi connectivity index (χ1n) is 6.17. The molecule has 1 aromatic rings. The molecule has 0 saturated heterocycles. The van der Waals surface area contributed by atoms with Gasteiger partial charge in [-0.05, 0) is 26.0 Å². The Labute approximate surface area is 121 Å². The van der Waals surface area contributed by atoms with Crippen LogP contribution in [0.2, 0.25) is 0 Å². The number of amides is 1. The molecule has 0 spiro atoms. The number of nitrogens with one attached hydrogen (secondary N) is 1. The van der Waals surface area contributed by atoms with Crippen LogP contribution in [-0.2, 0) is 9.59 Å². The standard InChI is InChI=1S/C14H16N2O3S/c1-8(17)15-10-6-4-5-9(7-10)12-16-11(13(18)19)14(2,3)20-12/h4-7,11H,1-3H3,(H,15,17)(H,18,19)/t11-/m1/s1. The molecule has 106 valence electrons. The molecule has 0 radical (unpaired) electrons. The lowest BCUT2D eigenvalue weighted by atomic mass is 10.0. The molecule has 1 atom stereocenters. The van der Waals surface area contributed by atoms with E-state index in [1.54, 1.807) is 12.1 Å². The van der Waals surface area contributed by atoms with E-state index >= 15 is 0 Å². The largest absolute Gasteiger partial charge is 0.480 e. The zero-order valence-electron chi connectivity index (χ0n) is 11.5. The van der Waals surface area contributed by atoms with Crippen LogP contribution in [0.4, 0.5) is 5.69 Å². The molecular formula is C14H16N2O3S. The minimum absolute atomic E-state index is 0.146. The van der Waals surface area contributed by atoms with Gasteiger partial charge in [-0.25, -0.2) is 4.79 Å². The summed E-state index contributed by atoms with van der Waals surface area (Å²) in [4.78, 5) is 26.6. The Morgan fingerprint density at radius 2 is 2.10 bits per heavy atom. The first kappa shape index (κ1) is 14.6. The molecule has 0 unspecified atom stereocenters. The van der Waals surface area contributed by atoms with Crippen LogP contribution in [0.3, 0.4) is 0 Å². The van der Waals surface area contributed by atoms with E-state index in [2.05, 4.69) is 10.3 Å². The van der Waals surface area contributed by atoms with Gasteiger partial charge in [0.25, 0.3) is 0 Å². The second-order valence-electron chi connectivity index (χ2n) is 5.14. The predicted molar refractivity (Wildman–Crippen MR) is 80.4 cm³/mol. The number of carboxylic acid groups (broad SMARTS) is 1. The first-order chi connectivity index (χ1) is 9.29. The van der Waals surface area contributed by atoms with E-state index in [4.69, 9.17) is 0 Å². The van der Waals surface area contributed by atoms with Crippen LogP contribution in [0.15, 0.2) is 29.3 Å². The minimum atomic E-state index is -0.921. The molecule has 0 saturated carbocycles. The van der Waals surface area contributed by atoms with Gasteiger partial charge < -0.3 is 10.4 Å². The average Bonchev–Trinajstić information content (AvgIpc) is 2.64. The lowest BCUT2D eigenvalue weighted by Crippen LogP contribution is -2.34. The number of aliphatic imine (C=N–C) groups is 1. The molecule has 0 bridgehead atoms. The van der Waals surface area contributed by atoms with Gasteiger partial charge in [-0.1, -0.05) is 23.9 Å². The third-order valence-electron chi connectivity index (χ3n) is 2.93. The molecule has 1 heterocycles. The average molecular weight is 292 g/mol. The second-order valence-corrected chi connectivity index (χ2v) is 6.79. The van der Waals surface area contributed by atoms with Gasteiger partial charge in [0.15, 0.2) is 6.04 Å². The summed E-state index contributed by atoms with van der Waals surface area (Å²) in [5, 5.41) is 12.6. The van der Waals surface area contributed by atoms with Crippen molar-refractivity contribution < 1.29 is 14.7 Å². The lowest BCUT2D eigenvalue weighted by Gasteiger charge is -2.20. The molecular weight excluding hydrogens is 276 g/mol. The molecule has 1 amide bonds. The van der Waals surface area contributed by atoms with E-state index in [9.17, 15) is 14.7 Å². The summed E-state index contributed by atoms with van der Waals surface area (Å²) in [6.07, 6.45) is 0. The van der Waals surface area contributed by atoms with Gasteiger partial charge in [0.1, 0.15) is 0 Å². The normalized spacial score (nSPS) is 20.4. The highest BCUT2D eigenvalue weighted by molar-refractivity contribution is 8.15. The van der Waals surface area contributed by atoms with Crippen molar-refractivity contribution in [3.05, 3.63) is 29.8 Å². The Balaban J connectivity index is 2.31. The van der Waals surface area contributed by atoms with Gasteiger partial charge in [-0.15, -0.1) is 0 Å². The van der Waals surface area contributed by atoms with Crippen LogP contribution in [0.25, 0.3) is 0 Å². The number of anilines is 1. The SMILES string of the molecule is CC(=O)Nc1cccc(C2=N[C@H](C(=O)O)C(C)(C)S2)c1. The van der Waals surface area contributed by atoms with Gasteiger partial charge >= 0.3 is 5.97 Å². The molecule has 20 heavy (non-hydrogen) atoms. The van der Waals surface area contributed by atoms with Crippen molar-refractivity contribution in [2.24, 2.45) is 4.99 Å². The maximum Gasteiger partial charge on any atom is 0.329 e. The van der Waals surface area contributed by atoms with Crippen LogP contribution in [0, 0.1) is 0 Å². The quantitative estimate of drug-likeness (QED) is 0.896. The smallest absolute Gasteiger partial charge is 0.329 e. The number of thioether (sulfide) groups is 1. The highest BCUT2D eigenvalue weighted by Crippen LogP contribution is 2.40. The predicted octanol–water partition coefficient (Wildman–Crippen LogP) is 2.37. The highest BCUT2D eigenvalue weighted by Gasteiger charge is 2.42. The molecule has 2 rings (SSSR count). The van der Waals surface area contributed by atoms with Gasteiger partial charge in [-0.2, -0.15) is 0 Å². The monoisotopic (exact) mass is 292 g/mol. The topological polar surface area (TPSA) is 78.8 Å². The molecule has 1 aliphatic heterocycles. The Morgan fingerprint density at radius 3 is 2.65 bits per heavy atom.